The minimum atomic E-state index is -0.271. The predicted molar refractivity (Wildman–Crippen MR) is 76.2 cm³/mol. The molecule has 0 heterocycles. The number of hydrogen-bond donors (Lipinski definition) is 2. The molecule has 0 atom stereocenters. The van der Waals surface area contributed by atoms with Gasteiger partial charge >= 0.3 is 0 Å². The molecule has 2 N–H and O–H groups in total. The smallest absolute Gasteiger partial charge is 0.258 e. The molecule has 0 saturated heterocycles. The molecule has 19 heavy (non-hydrogen) atoms. The number of rotatable bonds is 7. The fourth-order valence-electron chi connectivity index (χ4n) is 1.45. The zero-order valence-electron chi connectivity index (χ0n) is 10.8. The molecular weight excluding hydrogens is 264 g/mol. The summed E-state index contributed by atoms with van der Waals surface area (Å²) in [7, 11) is 0. The largest absolute Gasteiger partial charge is 0.482 e. The van der Waals surface area contributed by atoms with Crippen molar-refractivity contribution in [3.05, 3.63) is 28.8 Å². The standard InChI is InChI=1S/C14H17ClN2O2/c1-3-8-17-13(18)10-19-14-11(9-16-4-2)6-5-7-12(14)15/h1,5-7,16H,4,8-10H2,2H3,(H,17,18). The maximum absolute atomic E-state index is 11.4. The molecule has 0 saturated carbocycles. The second kappa shape index (κ2) is 8.41. The molecule has 0 aliphatic carbocycles. The molecule has 4 nitrogen and oxygen atoms in total. The average molecular weight is 281 g/mol. The van der Waals surface area contributed by atoms with Crippen molar-refractivity contribution in [1.29, 1.82) is 0 Å². The summed E-state index contributed by atoms with van der Waals surface area (Å²) in [5.74, 6) is 2.58. The second-order valence-electron chi connectivity index (χ2n) is 3.78. The fourth-order valence-corrected chi connectivity index (χ4v) is 1.70. The van der Waals surface area contributed by atoms with Crippen LogP contribution in [0.3, 0.4) is 0 Å². The lowest BCUT2D eigenvalue weighted by molar-refractivity contribution is -0.122. The first-order chi connectivity index (χ1) is 9.19. The van der Waals surface area contributed by atoms with E-state index in [-0.39, 0.29) is 19.1 Å². The highest BCUT2D eigenvalue weighted by Crippen LogP contribution is 2.28. The average Bonchev–Trinajstić information content (AvgIpc) is 2.41. The van der Waals surface area contributed by atoms with Gasteiger partial charge in [-0.1, -0.05) is 36.6 Å². The Morgan fingerprint density at radius 1 is 1.53 bits per heavy atom. The van der Waals surface area contributed by atoms with Gasteiger partial charge in [-0.3, -0.25) is 4.79 Å². The van der Waals surface area contributed by atoms with Crippen LogP contribution in [-0.4, -0.2) is 25.6 Å². The molecule has 0 aromatic heterocycles. The van der Waals surface area contributed by atoms with Gasteiger partial charge in [-0.15, -0.1) is 6.42 Å². The third-order valence-corrected chi connectivity index (χ3v) is 2.65. The second-order valence-corrected chi connectivity index (χ2v) is 4.19. The molecule has 0 aliphatic heterocycles. The van der Waals surface area contributed by atoms with Gasteiger partial charge in [-0.2, -0.15) is 0 Å². The number of ether oxygens (including phenoxy) is 1. The van der Waals surface area contributed by atoms with Gasteiger partial charge in [0.25, 0.3) is 5.91 Å². The Kier molecular flexibility index (Phi) is 6.80. The number of para-hydroxylation sites is 1. The van der Waals surface area contributed by atoms with Gasteiger partial charge in [0.2, 0.25) is 0 Å². The lowest BCUT2D eigenvalue weighted by atomic mass is 10.2. The Hall–Kier alpha value is -1.70. The van der Waals surface area contributed by atoms with E-state index < -0.39 is 0 Å². The van der Waals surface area contributed by atoms with E-state index in [4.69, 9.17) is 22.8 Å². The number of benzene rings is 1. The molecule has 1 aromatic carbocycles. The van der Waals surface area contributed by atoms with Crippen molar-refractivity contribution >= 4 is 17.5 Å². The van der Waals surface area contributed by atoms with Crippen molar-refractivity contribution in [2.45, 2.75) is 13.5 Å². The topological polar surface area (TPSA) is 50.4 Å². The quantitative estimate of drug-likeness (QED) is 0.746. The first kappa shape index (κ1) is 15.4. The summed E-state index contributed by atoms with van der Waals surface area (Å²) >= 11 is 6.08. The number of halogens is 1. The monoisotopic (exact) mass is 280 g/mol. The molecule has 0 aliphatic rings. The Bertz CT molecular complexity index is 469. The van der Waals surface area contributed by atoms with Crippen molar-refractivity contribution in [2.24, 2.45) is 0 Å². The molecule has 0 radical (unpaired) electrons. The molecule has 1 rings (SSSR count). The normalized spacial score (nSPS) is 9.74. The SMILES string of the molecule is C#CCNC(=O)COc1c(Cl)cccc1CNCC. The number of nitrogens with one attached hydrogen (secondary N) is 2. The van der Waals surface area contributed by atoms with Crippen LogP contribution in [0.2, 0.25) is 5.02 Å². The summed E-state index contributed by atoms with van der Waals surface area (Å²) in [6.07, 6.45) is 5.05. The molecule has 0 spiro atoms. The van der Waals surface area contributed by atoms with Crippen molar-refractivity contribution in [2.75, 3.05) is 19.7 Å². The van der Waals surface area contributed by atoms with Crippen molar-refractivity contribution in [3.8, 4) is 18.1 Å². The fraction of sp³-hybridized carbons (Fsp3) is 0.357. The highest BCUT2D eigenvalue weighted by molar-refractivity contribution is 6.32. The third-order valence-electron chi connectivity index (χ3n) is 2.35. The molecule has 102 valence electrons. The van der Waals surface area contributed by atoms with E-state index >= 15 is 0 Å². The molecule has 0 unspecified atom stereocenters. The Morgan fingerprint density at radius 3 is 3.00 bits per heavy atom. The van der Waals surface area contributed by atoms with Crippen molar-refractivity contribution in [1.82, 2.24) is 10.6 Å². The lowest BCUT2D eigenvalue weighted by Crippen LogP contribution is -2.29. The molecule has 5 heteroatoms. The van der Waals surface area contributed by atoms with Crippen LogP contribution in [0.1, 0.15) is 12.5 Å². The molecule has 1 aromatic rings. The van der Waals surface area contributed by atoms with Crippen LogP contribution in [0.15, 0.2) is 18.2 Å². The van der Waals surface area contributed by atoms with Crippen LogP contribution < -0.4 is 15.4 Å². The van der Waals surface area contributed by atoms with Crippen LogP contribution in [0.25, 0.3) is 0 Å². The summed E-state index contributed by atoms with van der Waals surface area (Å²) < 4.78 is 5.47. The molecule has 0 fully saturated rings. The van der Waals surface area contributed by atoms with Gasteiger partial charge in [0.1, 0.15) is 5.75 Å². The van der Waals surface area contributed by atoms with Crippen LogP contribution in [0.5, 0.6) is 5.75 Å². The number of hydrogen-bond acceptors (Lipinski definition) is 3. The number of carbonyl (C=O) groups excluding carboxylic acids is 1. The maximum atomic E-state index is 11.4. The highest BCUT2D eigenvalue weighted by atomic mass is 35.5. The summed E-state index contributed by atoms with van der Waals surface area (Å²) in [6, 6.07) is 5.48. The number of terminal acetylenes is 1. The van der Waals surface area contributed by atoms with Gasteiger partial charge in [0, 0.05) is 12.1 Å². The van der Waals surface area contributed by atoms with Gasteiger partial charge < -0.3 is 15.4 Å². The molecule has 0 bridgehead atoms. The first-order valence-electron chi connectivity index (χ1n) is 6.00. The van der Waals surface area contributed by atoms with Gasteiger partial charge in [-0.25, -0.2) is 0 Å². The number of carbonyl (C=O) groups is 1. The Labute approximate surface area is 118 Å². The summed E-state index contributed by atoms with van der Waals surface area (Å²) in [5.41, 5.74) is 0.916. The van der Waals surface area contributed by atoms with Gasteiger partial charge in [0.05, 0.1) is 11.6 Å². The van der Waals surface area contributed by atoms with Crippen LogP contribution in [-0.2, 0) is 11.3 Å². The van der Waals surface area contributed by atoms with Gasteiger partial charge in [0.15, 0.2) is 6.61 Å². The molecular formula is C14H17ClN2O2. The van der Waals surface area contributed by atoms with Crippen molar-refractivity contribution < 1.29 is 9.53 Å². The zero-order chi connectivity index (χ0) is 14.1. The van der Waals surface area contributed by atoms with Crippen LogP contribution in [0, 0.1) is 12.3 Å². The maximum Gasteiger partial charge on any atom is 0.258 e. The van der Waals surface area contributed by atoms with E-state index in [1.54, 1.807) is 6.07 Å². The predicted octanol–water partition coefficient (Wildman–Crippen LogP) is 1.58. The summed E-state index contributed by atoms with van der Waals surface area (Å²) in [5, 5.41) is 6.20. The zero-order valence-corrected chi connectivity index (χ0v) is 11.6. The van der Waals surface area contributed by atoms with E-state index in [1.165, 1.54) is 0 Å². The van der Waals surface area contributed by atoms with E-state index in [0.717, 1.165) is 12.1 Å². The highest BCUT2D eigenvalue weighted by Gasteiger charge is 2.10. The van der Waals surface area contributed by atoms with Gasteiger partial charge in [-0.05, 0) is 12.6 Å². The number of amides is 1. The summed E-state index contributed by atoms with van der Waals surface area (Å²) in [4.78, 5) is 11.4. The van der Waals surface area contributed by atoms with Crippen LogP contribution in [0.4, 0.5) is 0 Å². The first-order valence-corrected chi connectivity index (χ1v) is 6.37. The Balaban J connectivity index is 2.65. The lowest BCUT2D eigenvalue weighted by Gasteiger charge is -2.13. The minimum absolute atomic E-state index is 0.107. The summed E-state index contributed by atoms with van der Waals surface area (Å²) in [6.45, 7) is 3.57. The van der Waals surface area contributed by atoms with E-state index in [9.17, 15) is 4.79 Å². The third kappa shape index (κ3) is 5.21. The van der Waals surface area contributed by atoms with Crippen molar-refractivity contribution in [3.63, 3.8) is 0 Å². The Morgan fingerprint density at radius 2 is 2.32 bits per heavy atom. The minimum Gasteiger partial charge on any atom is -0.482 e. The van der Waals surface area contributed by atoms with Crippen LogP contribution >= 0.6 is 11.6 Å². The van der Waals surface area contributed by atoms with E-state index in [2.05, 4.69) is 16.6 Å². The molecule has 1 amide bonds. The van der Waals surface area contributed by atoms with E-state index in [1.807, 2.05) is 19.1 Å². The van der Waals surface area contributed by atoms with E-state index in [0.29, 0.717) is 17.3 Å².